The van der Waals surface area contributed by atoms with Crippen molar-refractivity contribution >= 4 is 29.4 Å². The maximum Gasteiger partial charge on any atom is 0.233 e. The van der Waals surface area contributed by atoms with Crippen molar-refractivity contribution in [2.45, 2.75) is 19.4 Å². The van der Waals surface area contributed by atoms with Gasteiger partial charge in [-0.1, -0.05) is 35.9 Å². The Balaban J connectivity index is 1.33. The number of allylic oxidation sites excluding steroid dienone is 2. The summed E-state index contributed by atoms with van der Waals surface area (Å²) >= 11 is 6.09. The van der Waals surface area contributed by atoms with Crippen molar-refractivity contribution in [2.24, 2.45) is 28.7 Å². The number of nitrogens with zero attached hydrogens (tertiary/aromatic N) is 2. The zero-order valence-electron chi connectivity index (χ0n) is 17.9. The van der Waals surface area contributed by atoms with Gasteiger partial charge in [0.1, 0.15) is 6.10 Å². The highest BCUT2D eigenvalue weighted by Crippen LogP contribution is 2.52. The molecule has 2 aliphatic carbocycles. The summed E-state index contributed by atoms with van der Waals surface area (Å²) in [6.45, 7) is 3.88. The third kappa shape index (κ3) is 4.34. The second-order valence-electron chi connectivity index (χ2n) is 8.25. The number of methoxy groups -OCH3 is 1. The lowest BCUT2D eigenvalue weighted by molar-refractivity contribution is -0.140. The molecule has 7 nitrogen and oxygen atoms in total. The predicted molar refractivity (Wildman–Crippen MR) is 120 cm³/mol. The van der Waals surface area contributed by atoms with Gasteiger partial charge in [-0.25, -0.2) is 0 Å². The van der Waals surface area contributed by atoms with E-state index in [9.17, 15) is 9.59 Å². The van der Waals surface area contributed by atoms with E-state index in [4.69, 9.17) is 16.3 Å². The lowest BCUT2D eigenvalue weighted by Gasteiger charge is -2.19. The van der Waals surface area contributed by atoms with Crippen LogP contribution in [-0.2, 0) is 14.3 Å². The first kappa shape index (κ1) is 21.8. The molecular formula is C23H29ClN4O3. The molecule has 1 aromatic rings. The van der Waals surface area contributed by atoms with Crippen molar-refractivity contribution < 1.29 is 14.3 Å². The van der Waals surface area contributed by atoms with Crippen molar-refractivity contribution in [3.05, 3.63) is 47.0 Å². The molecule has 1 aliphatic heterocycles. The van der Waals surface area contributed by atoms with Crippen LogP contribution in [0.2, 0.25) is 5.02 Å². The average molecular weight is 445 g/mol. The predicted octanol–water partition coefficient (Wildman–Crippen LogP) is 2.39. The lowest BCUT2D eigenvalue weighted by Crippen LogP contribution is -2.43. The fourth-order valence-corrected chi connectivity index (χ4v) is 5.21. The van der Waals surface area contributed by atoms with Crippen LogP contribution < -0.4 is 10.6 Å². The smallest absolute Gasteiger partial charge is 0.233 e. The van der Waals surface area contributed by atoms with Gasteiger partial charge in [0, 0.05) is 31.8 Å². The summed E-state index contributed by atoms with van der Waals surface area (Å²) in [5, 5.41) is 7.08. The Morgan fingerprint density at radius 2 is 1.94 bits per heavy atom. The van der Waals surface area contributed by atoms with Gasteiger partial charge in [0.2, 0.25) is 11.8 Å². The van der Waals surface area contributed by atoms with E-state index in [1.54, 1.807) is 7.11 Å². The maximum absolute atomic E-state index is 12.8. The number of nitrogens with one attached hydrogen (secondary N) is 2. The Morgan fingerprint density at radius 1 is 1.23 bits per heavy atom. The van der Waals surface area contributed by atoms with E-state index in [0.717, 1.165) is 12.0 Å². The first-order valence-corrected chi connectivity index (χ1v) is 11.2. The standard InChI is InChI=1S/C23H29ClN4O3/c1-3-25-23(27-13-18(31-2)14-5-4-6-17(24)12-14)26-9-10-28-21(29)19-15-7-8-16(11-15)20(19)22(28)30/h4-8,12,15-16,18-20H,3,9-11,13H2,1-2H3,(H2,25,26,27). The van der Waals surface area contributed by atoms with Crippen LogP contribution in [0, 0.1) is 23.7 Å². The van der Waals surface area contributed by atoms with Crippen LogP contribution in [0.15, 0.2) is 41.4 Å². The number of benzene rings is 1. The highest BCUT2D eigenvalue weighted by Gasteiger charge is 2.58. The summed E-state index contributed by atoms with van der Waals surface area (Å²) in [7, 11) is 1.64. The molecule has 1 saturated heterocycles. The van der Waals surface area contributed by atoms with E-state index in [-0.39, 0.29) is 41.6 Å². The lowest BCUT2D eigenvalue weighted by atomic mass is 9.85. The van der Waals surface area contributed by atoms with Gasteiger partial charge in [-0.15, -0.1) is 0 Å². The number of hydrogen-bond acceptors (Lipinski definition) is 4. The number of rotatable bonds is 8. The van der Waals surface area contributed by atoms with Crippen LogP contribution in [0.25, 0.3) is 0 Å². The van der Waals surface area contributed by atoms with Gasteiger partial charge in [0.25, 0.3) is 0 Å². The molecular weight excluding hydrogens is 416 g/mol. The molecule has 5 unspecified atom stereocenters. The van der Waals surface area contributed by atoms with Gasteiger partial charge >= 0.3 is 0 Å². The quantitative estimate of drug-likeness (QED) is 0.278. The van der Waals surface area contributed by atoms with Crippen LogP contribution in [0.4, 0.5) is 0 Å². The fraction of sp³-hybridized carbons (Fsp3) is 0.522. The summed E-state index contributed by atoms with van der Waals surface area (Å²) in [4.78, 5) is 31.6. The highest BCUT2D eigenvalue weighted by atomic mass is 35.5. The van der Waals surface area contributed by atoms with Crippen molar-refractivity contribution in [2.75, 3.05) is 33.3 Å². The number of carbonyl (C=O) groups excluding carboxylic acids is 2. The summed E-state index contributed by atoms with van der Waals surface area (Å²) < 4.78 is 5.58. The number of likely N-dealkylation sites (tertiary alicyclic amines) is 1. The van der Waals surface area contributed by atoms with Crippen LogP contribution in [0.1, 0.15) is 25.0 Å². The number of fused-ring (bicyclic) bond motifs is 5. The number of amides is 2. The van der Waals surface area contributed by atoms with Gasteiger partial charge in [-0.05, 0) is 42.9 Å². The van der Waals surface area contributed by atoms with E-state index < -0.39 is 0 Å². The molecule has 0 radical (unpaired) electrons. The van der Waals surface area contributed by atoms with Crippen molar-refractivity contribution in [1.29, 1.82) is 0 Å². The van der Waals surface area contributed by atoms with Crippen LogP contribution in [0.5, 0.6) is 0 Å². The number of guanidine groups is 1. The number of hydrogen-bond donors (Lipinski definition) is 2. The summed E-state index contributed by atoms with van der Waals surface area (Å²) in [5.74, 6) is 0.759. The second-order valence-corrected chi connectivity index (χ2v) is 8.69. The third-order valence-electron chi connectivity index (χ3n) is 6.45. The van der Waals surface area contributed by atoms with Crippen molar-refractivity contribution in [3.63, 3.8) is 0 Å². The Bertz CT molecular complexity index is 873. The molecule has 31 heavy (non-hydrogen) atoms. The molecule has 2 bridgehead atoms. The fourth-order valence-electron chi connectivity index (χ4n) is 5.01. The molecule has 2 N–H and O–H groups in total. The SMILES string of the molecule is CCNC(=NCC(OC)c1cccc(Cl)c1)NCCN1C(=O)C2C3C=CC(C3)C2C1=O. The Morgan fingerprint density at radius 3 is 2.55 bits per heavy atom. The molecule has 166 valence electrons. The van der Waals surface area contributed by atoms with Crippen molar-refractivity contribution in [1.82, 2.24) is 15.5 Å². The molecule has 1 aromatic carbocycles. The molecule has 1 saturated carbocycles. The number of carbonyl (C=O) groups is 2. The normalized spacial score (nSPS) is 27.7. The van der Waals surface area contributed by atoms with Gasteiger partial charge in [0.15, 0.2) is 5.96 Å². The first-order valence-electron chi connectivity index (χ1n) is 10.9. The van der Waals surface area contributed by atoms with Crippen molar-refractivity contribution in [3.8, 4) is 0 Å². The largest absolute Gasteiger partial charge is 0.375 e. The molecule has 0 spiro atoms. The number of imide groups is 1. The zero-order chi connectivity index (χ0) is 22.0. The van der Waals surface area contributed by atoms with Crippen LogP contribution >= 0.6 is 11.6 Å². The van der Waals surface area contributed by atoms with Gasteiger partial charge in [-0.3, -0.25) is 19.5 Å². The Hall–Kier alpha value is -2.38. The number of aliphatic imine (C=N–C) groups is 1. The molecule has 3 aliphatic rings. The van der Waals surface area contributed by atoms with E-state index in [0.29, 0.717) is 37.2 Å². The maximum atomic E-state index is 12.8. The van der Waals surface area contributed by atoms with E-state index in [2.05, 4.69) is 27.8 Å². The topological polar surface area (TPSA) is 83.0 Å². The second kappa shape index (κ2) is 9.40. The van der Waals surface area contributed by atoms with E-state index in [1.807, 2.05) is 31.2 Å². The van der Waals surface area contributed by atoms with Gasteiger partial charge in [-0.2, -0.15) is 0 Å². The molecule has 0 aromatic heterocycles. The molecule has 5 atom stereocenters. The minimum Gasteiger partial charge on any atom is -0.375 e. The molecule has 4 rings (SSSR count). The van der Waals surface area contributed by atoms with E-state index >= 15 is 0 Å². The summed E-state index contributed by atoms with van der Waals surface area (Å²) in [6.07, 6.45) is 4.95. The van der Waals surface area contributed by atoms with Crippen LogP contribution in [-0.4, -0.2) is 56.0 Å². The first-order chi connectivity index (χ1) is 15.0. The minimum atomic E-state index is -0.224. The Labute approximate surface area is 187 Å². The van der Waals surface area contributed by atoms with Gasteiger partial charge < -0.3 is 15.4 Å². The Kier molecular flexibility index (Phi) is 6.62. The third-order valence-corrected chi connectivity index (χ3v) is 6.69. The highest BCUT2D eigenvalue weighted by molar-refractivity contribution is 6.30. The average Bonchev–Trinajstić information content (AvgIpc) is 3.44. The molecule has 2 fully saturated rings. The molecule has 1 heterocycles. The van der Waals surface area contributed by atoms with E-state index in [1.165, 1.54) is 4.90 Å². The summed E-state index contributed by atoms with van der Waals surface area (Å²) in [6, 6.07) is 7.54. The molecule has 2 amide bonds. The van der Waals surface area contributed by atoms with Crippen LogP contribution in [0.3, 0.4) is 0 Å². The number of ether oxygens (including phenoxy) is 1. The summed E-state index contributed by atoms with van der Waals surface area (Å²) in [5.41, 5.74) is 0.956. The monoisotopic (exact) mass is 444 g/mol. The van der Waals surface area contributed by atoms with Gasteiger partial charge in [0.05, 0.1) is 18.4 Å². The number of halogens is 1. The zero-order valence-corrected chi connectivity index (χ0v) is 18.6. The minimum absolute atomic E-state index is 0.0176. The molecule has 8 heteroatoms.